The van der Waals surface area contributed by atoms with Crippen LogP contribution in [0.15, 0.2) is 67.0 Å². The molecular formula is C37H40Cl2N3O7S+. The lowest BCUT2D eigenvalue weighted by Gasteiger charge is -2.44. The molecule has 3 saturated heterocycles. The van der Waals surface area contributed by atoms with Crippen LogP contribution in [0.1, 0.15) is 68.0 Å². The number of pyridine rings is 1. The number of hydrogen-bond acceptors (Lipinski definition) is 9. The van der Waals surface area contributed by atoms with Crippen LogP contribution in [-0.4, -0.2) is 67.1 Å². The second-order valence-electron chi connectivity index (χ2n) is 12.7. The number of carbonyl (C=O) groups is 2. The summed E-state index contributed by atoms with van der Waals surface area (Å²) in [4.78, 5) is 29.4. The number of aromatic carboxylic acids is 1. The van der Waals surface area contributed by atoms with Crippen LogP contribution < -0.4 is 19.5 Å². The number of methoxy groups -OCH3 is 2. The fourth-order valence-corrected chi connectivity index (χ4v) is 8.65. The number of aromatic nitrogens is 1. The molecule has 13 heteroatoms. The Labute approximate surface area is 305 Å². The highest BCUT2D eigenvalue weighted by Gasteiger charge is 2.37. The Bertz CT molecular complexity index is 1810. The van der Waals surface area contributed by atoms with Gasteiger partial charge in [0.15, 0.2) is 11.5 Å². The van der Waals surface area contributed by atoms with Gasteiger partial charge in [0, 0.05) is 40.2 Å². The summed E-state index contributed by atoms with van der Waals surface area (Å²) < 4.78 is 17.8. The van der Waals surface area contributed by atoms with E-state index in [1.807, 2.05) is 48.5 Å². The van der Waals surface area contributed by atoms with Crippen molar-refractivity contribution in [3.8, 4) is 11.5 Å². The number of nitrogens with one attached hydrogen (secondary N) is 1. The number of fused-ring (bicyclic) bond motifs is 3. The molecule has 0 amide bonds. The molecule has 7 rings (SSSR count). The average Bonchev–Trinajstić information content (AvgIpc) is 3.54. The summed E-state index contributed by atoms with van der Waals surface area (Å²) >= 11 is 14.3. The van der Waals surface area contributed by atoms with Gasteiger partial charge >= 0.3 is 11.9 Å². The molecule has 3 aliphatic rings. The first-order chi connectivity index (χ1) is 24.1. The molecule has 2 aromatic heterocycles. The lowest BCUT2D eigenvalue weighted by molar-refractivity contribution is -0.904. The van der Waals surface area contributed by atoms with E-state index in [2.05, 4.69) is 10.2 Å². The maximum Gasteiger partial charge on any atom is 0.346 e. The summed E-state index contributed by atoms with van der Waals surface area (Å²) in [5, 5.41) is 24.4. The van der Waals surface area contributed by atoms with Crippen LogP contribution in [0.25, 0.3) is 0 Å². The third kappa shape index (κ3) is 8.19. The van der Waals surface area contributed by atoms with Gasteiger partial charge in [0.1, 0.15) is 21.0 Å². The van der Waals surface area contributed by atoms with Crippen molar-refractivity contribution >= 4 is 46.5 Å². The number of carboxylic acids is 1. The summed E-state index contributed by atoms with van der Waals surface area (Å²) in [5.74, 6) is -0.414. The highest BCUT2D eigenvalue weighted by Crippen LogP contribution is 2.41. The molecule has 0 aliphatic carbocycles. The van der Waals surface area contributed by atoms with Crippen molar-refractivity contribution in [2.45, 2.75) is 50.3 Å². The molecule has 2 aromatic carbocycles. The Balaban J connectivity index is 1.29. The smallest absolute Gasteiger partial charge is 0.346 e. The van der Waals surface area contributed by atoms with Crippen LogP contribution in [0.5, 0.6) is 11.5 Å². The van der Waals surface area contributed by atoms with Gasteiger partial charge in [-0.3, -0.25) is 14.9 Å². The number of carbonyl (C=O) groups excluding carboxylic acids is 1. The highest BCUT2D eigenvalue weighted by atomic mass is 35.5. The fourth-order valence-electron chi connectivity index (χ4n) is 7.03. The lowest BCUT2D eigenvalue weighted by atomic mass is 9.85. The van der Waals surface area contributed by atoms with Gasteiger partial charge in [0.2, 0.25) is 12.4 Å². The summed E-state index contributed by atoms with van der Waals surface area (Å²) in [6, 6.07) is 16.7. The van der Waals surface area contributed by atoms with Crippen molar-refractivity contribution in [3.05, 3.63) is 109 Å². The Hall–Kier alpha value is -3.87. The van der Waals surface area contributed by atoms with Gasteiger partial charge in [-0.15, -0.1) is 11.3 Å². The number of piperidine rings is 3. The van der Waals surface area contributed by atoms with Crippen LogP contribution in [-0.2, 0) is 22.5 Å². The molecule has 10 nitrogen and oxygen atoms in total. The molecule has 0 radical (unpaired) electrons. The molecule has 3 N–H and O–H groups in total. The molecule has 3 fully saturated rings. The largest absolute Gasteiger partial charge is 0.493 e. The Morgan fingerprint density at radius 3 is 2.32 bits per heavy atom. The third-order valence-electron chi connectivity index (χ3n) is 9.64. The number of carboxylic acid groups (broad SMARTS) is 1. The number of esters is 1. The molecule has 3 atom stereocenters. The lowest BCUT2D eigenvalue weighted by Crippen LogP contribution is -2.52. The van der Waals surface area contributed by atoms with Crippen LogP contribution in [0.4, 0.5) is 0 Å². The predicted octanol–water partition coefficient (Wildman–Crippen LogP) is 6.53. The normalized spacial score (nSPS) is 19.5. The van der Waals surface area contributed by atoms with Gasteiger partial charge in [0.25, 0.3) is 0 Å². The number of nitrogens with zero attached hydrogens (tertiary/aromatic N) is 2. The molecule has 4 aromatic rings. The summed E-state index contributed by atoms with van der Waals surface area (Å²) in [5.41, 5.74) is 2.81. The van der Waals surface area contributed by atoms with Gasteiger partial charge in [0.05, 0.1) is 20.6 Å². The average molecular weight is 742 g/mol. The zero-order valence-electron chi connectivity index (χ0n) is 27.8. The Morgan fingerprint density at radius 2 is 1.70 bits per heavy atom. The second kappa shape index (κ2) is 16.0. The molecule has 50 heavy (non-hydrogen) atoms. The van der Waals surface area contributed by atoms with E-state index in [1.165, 1.54) is 30.8 Å². The number of ether oxygens (including phenoxy) is 3. The highest BCUT2D eigenvalue weighted by molar-refractivity contribution is 7.14. The summed E-state index contributed by atoms with van der Waals surface area (Å²) in [6.07, 6.45) is 5.07. The zero-order chi connectivity index (χ0) is 35.4. The first-order valence-corrected chi connectivity index (χ1v) is 18.1. The SMILES string of the molecule is COc1ccc([C@H](Cc2c(Cl)c[n+](O)cc2Cl)c2cc(CNC(CC(=O)O[C@H]3CN4CCC3CC4)c3ccccc3)sc2C(=O)O)cc1OC. The van der Waals surface area contributed by atoms with E-state index in [-0.39, 0.29) is 45.9 Å². The molecule has 264 valence electrons. The molecule has 3 aliphatic heterocycles. The molecule has 2 bridgehead atoms. The molecular weight excluding hydrogens is 701 g/mol. The van der Waals surface area contributed by atoms with Crippen molar-refractivity contribution in [1.29, 1.82) is 0 Å². The zero-order valence-corrected chi connectivity index (χ0v) is 30.1. The van der Waals surface area contributed by atoms with Gasteiger partial charge in [-0.1, -0.05) is 59.6 Å². The van der Waals surface area contributed by atoms with Crippen LogP contribution in [0.2, 0.25) is 10.0 Å². The monoisotopic (exact) mass is 740 g/mol. The Morgan fingerprint density at radius 1 is 1.00 bits per heavy atom. The van der Waals surface area contributed by atoms with Crippen LogP contribution in [0.3, 0.4) is 0 Å². The maximum atomic E-state index is 13.3. The number of halogens is 2. The van der Waals surface area contributed by atoms with Gasteiger partial charge in [-0.05, 0) is 73.2 Å². The van der Waals surface area contributed by atoms with E-state index in [9.17, 15) is 19.9 Å². The second-order valence-corrected chi connectivity index (χ2v) is 14.7. The molecule has 0 saturated carbocycles. The van der Waals surface area contributed by atoms with Gasteiger partial charge in [-0.25, -0.2) is 4.79 Å². The predicted molar refractivity (Wildman–Crippen MR) is 190 cm³/mol. The van der Waals surface area contributed by atoms with E-state index in [4.69, 9.17) is 37.4 Å². The minimum absolute atomic E-state index is 0.0814. The number of hydrogen-bond donors (Lipinski definition) is 3. The Kier molecular flexibility index (Phi) is 11.5. The maximum absolute atomic E-state index is 13.3. The first kappa shape index (κ1) is 35.9. The van der Waals surface area contributed by atoms with E-state index >= 15 is 0 Å². The topological polar surface area (TPSA) is 121 Å². The standard InChI is InChI=1S/C37H39Cl2N3O7S/c1-47-32-9-8-24(14-33(32)48-2)26(16-28-29(38)19-42(46)20-30(28)39)27-15-25(50-36(27)37(44)45)18-40-31(22-6-4-3-5-7-22)17-35(43)49-34-21-41-12-10-23(34)11-13-41/h3-9,14-15,19-20,23,26,31,34,40H,10-13,16-18,21H2,1-2H3,(H-,44,45,46)/p+1/t26-,31?,34-/m0/s1. The van der Waals surface area contributed by atoms with E-state index in [1.54, 1.807) is 13.2 Å². The summed E-state index contributed by atoms with van der Waals surface area (Å²) in [6.45, 7) is 3.23. The molecule has 5 heterocycles. The molecule has 0 spiro atoms. The summed E-state index contributed by atoms with van der Waals surface area (Å²) in [7, 11) is 3.08. The number of thiophene rings is 1. The van der Waals surface area contributed by atoms with Crippen LogP contribution in [0, 0.1) is 5.92 Å². The minimum Gasteiger partial charge on any atom is -0.493 e. The van der Waals surface area contributed by atoms with Gasteiger partial charge < -0.3 is 24.6 Å². The fraction of sp³-hybridized carbons (Fsp3) is 0.378. The number of benzene rings is 2. The number of rotatable bonds is 14. The van der Waals surface area contributed by atoms with Gasteiger partial charge in [-0.2, -0.15) is 0 Å². The third-order valence-corrected chi connectivity index (χ3v) is 11.4. The van der Waals surface area contributed by atoms with Crippen molar-refractivity contribution in [2.75, 3.05) is 33.9 Å². The first-order valence-electron chi connectivity index (χ1n) is 16.5. The quantitative estimate of drug-likeness (QED) is 0.0753. The van der Waals surface area contributed by atoms with Crippen molar-refractivity contribution in [3.63, 3.8) is 0 Å². The minimum atomic E-state index is -1.07. The van der Waals surface area contributed by atoms with E-state index < -0.39 is 11.9 Å². The van der Waals surface area contributed by atoms with Crippen LogP contribution >= 0.6 is 34.5 Å². The van der Waals surface area contributed by atoms with Crippen molar-refractivity contribution < 1.29 is 38.8 Å². The van der Waals surface area contributed by atoms with E-state index in [0.717, 1.165) is 53.2 Å². The molecule has 1 unspecified atom stereocenters. The van der Waals surface area contributed by atoms with Crippen molar-refractivity contribution in [2.24, 2.45) is 5.92 Å². The van der Waals surface area contributed by atoms with Crippen molar-refractivity contribution in [1.82, 2.24) is 10.2 Å². The van der Waals surface area contributed by atoms with E-state index in [0.29, 0.717) is 35.1 Å².